The monoisotopic (exact) mass is 308 g/mol. The molecule has 0 aliphatic rings. The third-order valence-corrected chi connectivity index (χ3v) is 4.76. The van der Waals surface area contributed by atoms with Gasteiger partial charge in [-0.05, 0) is 26.0 Å². The van der Waals surface area contributed by atoms with Crippen molar-refractivity contribution in [3.63, 3.8) is 0 Å². The maximum atomic E-state index is 8.67. The van der Waals surface area contributed by atoms with Crippen LogP contribution in [0.1, 0.15) is 29.6 Å². The molecule has 0 saturated carbocycles. The summed E-state index contributed by atoms with van der Waals surface area (Å²) >= 11 is 7.95. The van der Waals surface area contributed by atoms with E-state index in [1.807, 2.05) is 6.92 Å². The highest BCUT2D eigenvalue weighted by molar-refractivity contribution is 7.18. The summed E-state index contributed by atoms with van der Waals surface area (Å²) in [7, 11) is 0. The number of fused-ring (bicyclic) bond motifs is 1. The number of nitrogens with zero attached hydrogens (tertiary/aromatic N) is 4. The van der Waals surface area contributed by atoms with E-state index in [0.717, 1.165) is 29.1 Å². The van der Waals surface area contributed by atoms with Crippen molar-refractivity contribution in [2.24, 2.45) is 0 Å². The van der Waals surface area contributed by atoms with Gasteiger partial charge in [0, 0.05) is 17.8 Å². The summed E-state index contributed by atoms with van der Waals surface area (Å²) in [5.41, 5.74) is 1.17. The molecular weight excluding hydrogens is 292 g/mol. The zero-order chi connectivity index (χ0) is 14.7. The van der Waals surface area contributed by atoms with E-state index < -0.39 is 0 Å². The summed E-state index contributed by atoms with van der Waals surface area (Å²) in [5, 5.41) is 10.2. The molecule has 0 spiro atoms. The second kappa shape index (κ2) is 6.49. The Morgan fingerprint density at radius 2 is 2.10 bits per heavy atom. The largest absolute Gasteiger partial charge is 0.295 e. The predicted octanol–water partition coefficient (Wildman–Crippen LogP) is 3.70. The van der Waals surface area contributed by atoms with Crippen LogP contribution in [-0.2, 0) is 6.54 Å². The highest BCUT2D eigenvalue weighted by Gasteiger charge is 2.14. The first-order chi connectivity index (χ1) is 9.56. The Labute approximate surface area is 128 Å². The minimum atomic E-state index is 0.515. The average molecular weight is 309 g/mol. The van der Waals surface area contributed by atoms with Gasteiger partial charge in [0.05, 0.1) is 18.0 Å². The maximum Gasteiger partial charge on any atom is 0.145 e. The summed E-state index contributed by atoms with van der Waals surface area (Å²) < 4.78 is 0. The van der Waals surface area contributed by atoms with E-state index in [-0.39, 0.29) is 0 Å². The summed E-state index contributed by atoms with van der Waals surface area (Å²) in [4.78, 5) is 13.3. The molecule has 6 heteroatoms. The molecule has 0 aliphatic heterocycles. The fourth-order valence-electron chi connectivity index (χ4n) is 2.07. The third-order valence-electron chi connectivity index (χ3n) is 3.38. The molecule has 106 valence electrons. The molecule has 0 atom stereocenters. The Morgan fingerprint density at radius 3 is 2.75 bits per heavy atom. The van der Waals surface area contributed by atoms with E-state index in [2.05, 4.69) is 34.8 Å². The second-order valence-corrected chi connectivity index (χ2v) is 6.23. The topological polar surface area (TPSA) is 52.8 Å². The normalized spacial score (nSPS) is 11.2. The van der Waals surface area contributed by atoms with Gasteiger partial charge in [-0.1, -0.05) is 18.5 Å². The van der Waals surface area contributed by atoms with Crippen LogP contribution in [0.3, 0.4) is 0 Å². The molecule has 0 saturated heterocycles. The molecule has 0 N–H and O–H groups in total. The molecule has 2 aromatic rings. The number of aryl methyl sites for hydroxylation is 2. The molecular formula is C14H17ClN4S. The van der Waals surface area contributed by atoms with E-state index in [9.17, 15) is 0 Å². The molecule has 20 heavy (non-hydrogen) atoms. The molecule has 2 rings (SSSR count). The van der Waals surface area contributed by atoms with Crippen molar-refractivity contribution in [2.45, 2.75) is 33.7 Å². The first kappa shape index (κ1) is 15.2. The van der Waals surface area contributed by atoms with Gasteiger partial charge in [-0.3, -0.25) is 4.90 Å². The van der Waals surface area contributed by atoms with Crippen LogP contribution < -0.4 is 0 Å². The number of hydrogen-bond acceptors (Lipinski definition) is 5. The average Bonchev–Trinajstić information content (AvgIpc) is 2.70. The first-order valence-electron chi connectivity index (χ1n) is 6.58. The van der Waals surface area contributed by atoms with Gasteiger partial charge in [0.1, 0.15) is 15.8 Å². The van der Waals surface area contributed by atoms with E-state index in [1.54, 1.807) is 11.3 Å². The van der Waals surface area contributed by atoms with Crippen molar-refractivity contribution in [2.75, 3.05) is 13.1 Å². The summed E-state index contributed by atoms with van der Waals surface area (Å²) in [6.45, 7) is 8.41. The van der Waals surface area contributed by atoms with Gasteiger partial charge in [-0.15, -0.1) is 11.3 Å². The Balaban J connectivity index is 2.29. The molecule has 0 radical (unpaired) electrons. The number of hydrogen-bond donors (Lipinski definition) is 0. The maximum absolute atomic E-state index is 8.67. The molecule has 0 bridgehead atoms. The lowest BCUT2D eigenvalue weighted by Gasteiger charge is -2.17. The number of aromatic nitrogens is 2. The molecule has 0 fully saturated rings. The molecule has 0 amide bonds. The van der Waals surface area contributed by atoms with Crippen molar-refractivity contribution in [1.82, 2.24) is 14.9 Å². The highest BCUT2D eigenvalue weighted by atomic mass is 35.5. The van der Waals surface area contributed by atoms with Gasteiger partial charge >= 0.3 is 0 Å². The van der Waals surface area contributed by atoms with E-state index >= 15 is 0 Å². The quantitative estimate of drug-likeness (QED) is 0.790. The van der Waals surface area contributed by atoms with Crippen molar-refractivity contribution in [3.8, 4) is 6.07 Å². The number of thiophene rings is 1. The van der Waals surface area contributed by atoms with Gasteiger partial charge in [0.2, 0.25) is 0 Å². The Bertz CT molecular complexity index is 659. The minimum Gasteiger partial charge on any atom is -0.295 e. The van der Waals surface area contributed by atoms with Gasteiger partial charge in [0.25, 0.3) is 0 Å². The number of rotatable bonds is 5. The third kappa shape index (κ3) is 3.09. The molecule has 0 aliphatic carbocycles. The number of halogens is 1. The zero-order valence-corrected chi connectivity index (χ0v) is 13.5. The lowest BCUT2D eigenvalue weighted by atomic mass is 10.2. The van der Waals surface area contributed by atoms with Crippen molar-refractivity contribution in [1.29, 1.82) is 5.26 Å². The van der Waals surface area contributed by atoms with Gasteiger partial charge in [-0.25, -0.2) is 9.97 Å². The zero-order valence-electron chi connectivity index (χ0n) is 11.9. The van der Waals surface area contributed by atoms with Crippen LogP contribution in [0.5, 0.6) is 0 Å². The van der Waals surface area contributed by atoms with E-state index in [4.69, 9.17) is 16.9 Å². The summed E-state index contributed by atoms with van der Waals surface area (Å²) in [6.07, 6.45) is 0.515. The Kier molecular flexibility index (Phi) is 4.92. The van der Waals surface area contributed by atoms with Crippen LogP contribution in [-0.4, -0.2) is 28.0 Å². The summed E-state index contributed by atoms with van der Waals surface area (Å²) in [6, 6.07) is 2.16. The van der Waals surface area contributed by atoms with Crippen LogP contribution in [0.2, 0.25) is 5.15 Å². The van der Waals surface area contributed by atoms with E-state index in [1.165, 1.54) is 10.4 Å². The van der Waals surface area contributed by atoms with Crippen molar-refractivity contribution < 1.29 is 0 Å². The standard InChI is InChI=1S/C14H17ClN4S/c1-4-19(7-5-6-16)8-11-17-13(15)12-9(2)10(3)20-14(12)18-11/h4-5,7-8H2,1-3H3. The molecule has 0 unspecified atom stereocenters. The predicted molar refractivity (Wildman–Crippen MR) is 83.1 cm³/mol. The van der Waals surface area contributed by atoms with Crippen LogP contribution in [0, 0.1) is 25.2 Å². The molecule has 2 aromatic heterocycles. The van der Waals surface area contributed by atoms with Gasteiger partial charge in [0.15, 0.2) is 0 Å². The highest BCUT2D eigenvalue weighted by Crippen LogP contribution is 2.32. The lowest BCUT2D eigenvalue weighted by Crippen LogP contribution is -2.25. The SMILES string of the molecule is CCN(CCC#N)Cc1nc(Cl)c2c(C)c(C)sc2n1. The Morgan fingerprint density at radius 1 is 1.35 bits per heavy atom. The number of nitriles is 1. The first-order valence-corrected chi connectivity index (χ1v) is 7.77. The fraction of sp³-hybridized carbons (Fsp3) is 0.500. The minimum absolute atomic E-state index is 0.515. The Hall–Kier alpha value is -1.22. The van der Waals surface area contributed by atoms with Crippen LogP contribution in [0.15, 0.2) is 0 Å². The lowest BCUT2D eigenvalue weighted by molar-refractivity contribution is 0.280. The van der Waals surface area contributed by atoms with Gasteiger partial charge < -0.3 is 0 Å². The summed E-state index contributed by atoms with van der Waals surface area (Å²) in [5.74, 6) is 0.725. The van der Waals surface area contributed by atoms with Crippen LogP contribution in [0.4, 0.5) is 0 Å². The second-order valence-electron chi connectivity index (χ2n) is 4.67. The van der Waals surface area contributed by atoms with Crippen molar-refractivity contribution >= 4 is 33.2 Å². The molecule has 2 heterocycles. The van der Waals surface area contributed by atoms with Crippen LogP contribution >= 0.6 is 22.9 Å². The fourth-order valence-corrected chi connectivity index (χ4v) is 3.50. The van der Waals surface area contributed by atoms with Gasteiger partial charge in [-0.2, -0.15) is 5.26 Å². The van der Waals surface area contributed by atoms with E-state index in [0.29, 0.717) is 18.1 Å². The van der Waals surface area contributed by atoms with Crippen molar-refractivity contribution in [3.05, 3.63) is 21.4 Å². The smallest absolute Gasteiger partial charge is 0.145 e. The molecule has 0 aromatic carbocycles. The molecule has 4 nitrogen and oxygen atoms in total. The van der Waals surface area contributed by atoms with Crippen LogP contribution in [0.25, 0.3) is 10.2 Å².